The fraction of sp³-hybridized carbons (Fsp3) is 0.649. The third kappa shape index (κ3) is 10.7. The van der Waals surface area contributed by atoms with E-state index in [1.807, 2.05) is 85.2 Å². The number of nitrogens with one attached hydrogen (secondary N) is 2. The van der Waals surface area contributed by atoms with Crippen molar-refractivity contribution in [3.8, 4) is 10.4 Å². The summed E-state index contributed by atoms with van der Waals surface area (Å²) in [5, 5.41) is 16.5. The average Bonchev–Trinajstić information content (AvgIpc) is 3.65. The van der Waals surface area contributed by atoms with E-state index in [-0.39, 0.29) is 49.4 Å². The van der Waals surface area contributed by atoms with Crippen molar-refractivity contribution < 1.29 is 33.8 Å². The van der Waals surface area contributed by atoms with Crippen molar-refractivity contribution >= 4 is 35.2 Å². The van der Waals surface area contributed by atoms with Crippen LogP contribution in [-0.2, 0) is 23.9 Å². The second kappa shape index (κ2) is 16.6. The number of aromatic nitrogens is 1. The highest BCUT2D eigenvalue weighted by atomic mass is 32.1. The van der Waals surface area contributed by atoms with E-state index in [0.717, 1.165) is 21.7 Å². The van der Waals surface area contributed by atoms with Gasteiger partial charge in [-0.25, -0.2) is 9.78 Å². The van der Waals surface area contributed by atoms with Gasteiger partial charge in [0.05, 0.1) is 34.3 Å². The second-order valence-corrected chi connectivity index (χ2v) is 16.4. The first kappa shape index (κ1) is 39.2. The Labute approximate surface area is 300 Å². The average molecular weight is 714 g/mol. The number of ether oxygens (including phenoxy) is 2. The van der Waals surface area contributed by atoms with E-state index in [0.29, 0.717) is 39.0 Å². The molecule has 2 saturated heterocycles. The van der Waals surface area contributed by atoms with E-state index in [2.05, 4.69) is 15.6 Å². The number of aliphatic hydroxyl groups excluding tert-OH is 1. The van der Waals surface area contributed by atoms with Gasteiger partial charge in [-0.15, -0.1) is 11.3 Å². The van der Waals surface area contributed by atoms with Crippen LogP contribution in [0.1, 0.15) is 97.9 Å². The van der Waals surface area contributed by atoms with Crippen LogP contribution in [0.2, 0.25) is 0 Å². The summed E-state index contributed by atoms with van der Waals surface area (Å²) in [5.41, 5.74) is 3.57. The molecule has 1 aromatic heterocycles. The normalized spacial score (nSPS) is 19.9. The van der Waals surface area contributed by atoms with E-state index in [4.69, 9.17) is 9.47 Å². The highest BCUT2D eigenvalue weighted by molar-refractivity contribution is 7.13. The molecule has 0 bridgehead atoms. The molecular weight excluding hydrogens is 659 g/mol. The second-order valence-electron chi connectivity index (χ2n) is 15.5. The first-order valence-corrected chi connectivity index (χ1v) is 18.5. The van der Waals surface area contributed by atoms with E-state index >= 15 is 0 Å². The number of rotatable bonds is 11. The lowest BCUT2D eigenvalue weighted by Gasteiger charge is -2.35. The highest BCUT2D eigenvalue weighted by Gasteiger charge is 2.44. The predicted molar refractivity (Wildman–Crippen MR) is 192 cm³/mol. The lowest BCUT2D eigenvalue weighted by molar-refractivity contribution is -0.144. The molecule has 4 amide bonds. The zero-order valence-corrected chi connectivity index (χ0v) is 31.6. The maximum atomic E-state index is 14.0. The topological polar surface area (TPSA) is 150 Å². The highest BCUT2D eigenvalue weighted by Crippen LogP contribution is 2.30. The van der Waals surface area contributed by atoms with Gasteiger partial charge in [-0.3, -0.25) is 14.4 Å². The lowest BCUT2D eigenvalue weighted by Crippen LogP contribution is -2.57. The number of nitrogens with zero attached hydrogens (tertiary/aromatic N) is 3. The summed E-state index contributed by atoms with van der Waals surface area (Å²) in [4.78, 5) is 61.4. The van der Waals surface area contributed by atoms with Crippen LogP contribution in [-0.4, -0.2) is 99.8 Å². The van der Waals surface area contributed by atoms with E-state index < -0.39 is 35.1 Å². The van der Waals surface area contributed by atoms with Gasteiger partial charge >= 0.3 is 6.09 Å². The number of carbonyl (C=O) groups excluding carboxylic acids is 4. The van der Waals surface area contributed by atoms with Crippen molar-refractivity contribution in [2.24, 2.45) is 5.41 Å². The van der Waals surface area contributed by atoms with E-state index in [1.165, 1.54) is 4.90 Å². The van der Waals surface area contributed by atoms with Gasteiger partial charge in [0.15, 0.2) is 0 Å². The van der Waals surface area contributed by atoms with Crippen LogP contribution in [0.3, 0.4) is 0 Å². The van der Waals surface area contributed by atoms with Crippen LogP contribution >= 0.6 is 11.3 Å². The number of piperidine rings is 1. The summed E-state index contributed by atoms with van der Waals surface area (Å²) in [5.74, 6) is -1.03. The number of hydrogen-bond donors (Lipinski definition) is 3. The molecule has 3 N–H and O–H groups in total. The molecule has 4 rings (SSSR count). The van der Waals surface area contributed by atoms with Gasteiger partial charge in [0, 0.05) is 39.1 Å². The van der Waals surface area contributed by atoms with Crippen LogP contribution in [0.4, 0.5) is 4.79 Å². The number of likely N-dealkylation sites (tertiary alicyclic amines) is 2. The number of carbonyl (C=O) groups is 4. The molecule has 3 heterocycles. The van der Waals surface area contributed by atoms with Crippen LogP contribution < -0.4 is 10.6 Å². The molecule has 1 aromatic carbocycles. The van der Waals surface area contributed by atoms with E-state index in [1.54, 1.807) is 16.2 Å². The monoisotopic (exact) mass is 713 g/mol. The molecule has 0 spiro atoms. The van der Waals surface area contributed by atoms with Gasteiger partial charge in [0.1, 0.15) is 17.7 Å². The summed E-state index contributed by atoms with van der Waals surface area (Å²) >= 11 is 1.58. The molecule has 13 heteroatoms. The zero-order chi connectivity index (χ0) is 36.8. The number of β-amino-alcohol motifs (C(OH)–C–C–N with tert-alkyl or cyclic N) is 1. The first-order valence-electron chi connectivity index (χ1n) is 17.6. The van der Waals surface area contributed by atoms with Gasteiger partial charge in [0.25, 0.3) is 0 Å². The number of thiazole rings is 1. The predicted octanol–water partition coefficient (Wildman–Crippen LogP) is 4.98. The third-order valence-corrected chi connectivity index (χ3v) is 10.0. The SMILES string of the molecule is Cc1ncsc1-c1ccc([C@H](C)NC(=O)[C@@H]2C[C@@H](O)CN2C(=O)C(NC(=O)CCCOC2CCN(C(=O)OC(C)(C)C)CC2)C(C)(C)C)cc1. The number of benzene rings is 1. The Morgan fingerprint density at radius 1 is 1.04 bits per heavy atom. The molecule has 2 aliphatic heterocycles. The molecule has 12 nitrogen and oxygen atoms in total. The number of hydrogen-bond acceptors (Lipinski definition) is 9. The minimum Gasteiger partial charge on any atom is -0.444 e. The van der Waals surface area contributed by atoms with Crippen molar-refractivity contribution in [3.05, 3.63) is 41.0 Å². The van der Waals surface area contributed by atoms with Crippen LogP contribution in [0.25, 0.3) is 10.4 Å². The Hall–Kier alpha value is -3.55. The maximum absolute atomic E-state index is 14.0. The number of aryl methyl sites for hydroxylation is 1. The van der Waals surface area contributed by atoms with Crippen molar-refractivity contribution in [2.45, 2.75) is 123 Å². The van der Waals surface area contributed by atoms with Crippen LogP contribution in [0.5, 0.6) is 0 Å². The Bertz CT molecular complexity index is 1470. The molecule has 2 aliphatic rings. The smallest absolute Gasteiger partial charge is 0.410 e. The van der Waals surface area contributed by atoms with Crippen molar-refractivity contribution in [3.63, 3.8) is 0 Å². The van der Waals surface area contributed by atoms with Gasteiger partial charge in [-0.2, -0.15) is 0 Å². The molecule has 0 aliphatic carbocycles. The zero-order valence-electron chi connectivity index (χ0n) is 30.8. The molecule has 50 heavy (non-hydrogen) atoms. The number of aliphatic hydroxyl groups is 1. The maximum Gasteiger partial charge on any atom is 0.410 e. The summed E-state index contributed by atoms with van der Waals surface area (Å²) < 4.78 is 11.5. The van der Waals surface area contributed by atoms with Crippen molar-refractivity contribution in [2.75, 3.05) is 26.2 Å². The Kier molecular flexibility index (Phi) is 13.1. The van der Waals surface area contributed by atoms with E-state index in [9.17, 15) is 24.3 Å². The fourth-order valence-corrected chi connectivity index (χ4v) is 7.07. The molecule has 2 fully saturated rings. The van der Waals surface area contributed by atoms with Crippen molar-refractivity contribution in [1.29, 1.82) is 0 Å². The Morgan fingerprint density at radius 3 is 2.28 bits per heavy atom. The minimum absolute atomic E-state index is 0.000416. The molecule has 0 saturated carbocycles. The molecule has 2 aromatic rings. The lowest BCUT2D eigenvalue weighted by atomic mass is 9.85. The number of amides is 4. The standard InChI is InChI=1S/C37H55N5O7S/c1-23(25-11-13-26(14-12-25)31-24(2)38-22-50-31)39-33(45)29-20-27(43)21-42(29)34(46)32(36(3,4)5)40-30(44)10-9-19-48-28-15-17-41(18-16-28)35(47)49-37(6,7)8/h11-14,22-23,27-29,32,43H,9-10,15-21H2,1-8H3,(H,39,45)(H,40,44)/t23-,27+,29-,32?/m0/s1. The summed E-state index contributed by atoms with van der Waals surface area (Å²) in [6.07, 6.45) is 0.983. The molecule has 0 radical (unpaired) electrons. The van der Waals surface area contributed by atoms with Crippen LogP contribution in [0.15, 0.2) is 29.8 Å². The molecular formula is C37H55N5O7S. The summed E-state index contributed by atoms with van der Waals surface area (Å²) in [7, 11) is 0. The summed E-state index contributed by atoms with van der Waals surface area (Å²) in [6, 6.07) is 5.87. The Balaban J connectivity index is 1.27. The van der Waals surface area contributed by atoms with Gasteiger partial charge in [-0.1, -0.05) is 45.0 Å². The minimum atomic E-state index is -0.895. The molecule has 4 atom stereocenters. The quantitative estimate of drug-likeness (QED) is 0.276. The van der Waals surface area contributed by atoms with Crippen LogP contribution in [0, 0.1) is 12.3 Å². The van der Waals surface area contributed by atoms with Gasteiger partial charge in [0.2, 0.25) is 17.7 Å². The van der Waals surface area contributed by atoms with Crippen molar-refractivity contribution in [1.82, 2.24) is 25.4 Å². The third-order valence-electron chi connectivity index (χ3n) is 9.06. The Morgan fingerprint density at radius 2 is 1.70 bits per heavy atom. The summed E-state index contributed by atoms with van der Waals surface area (Å²) in [6.45, 7) is 16.5. The first-order chi connectivity index (χ1) is 23.4. The molecule has 1 unspecified atom stereocenters. The van der Waals surface area contributed by atoms with Gasteiger partial charge in [-0.05, 0) is 70.4 Å². The largest absolute Gasteiger partial charge is 0.444 e. The fourth-order valence-electron chi connectivity index (χ4n) is 6.26. The molecule has 276 valence electrons. The van der Waals surface area contributed by atoms with Gasteiger partial charge < -0.3 is 35.0 Å².